The number of benzene rings is 1. The molecule has 0 aliphatic carbocycles. The average Bonchev–Trinajstić information content (AvgIpc) is 2.25. The maximum Gasteiger partial charge on any atom is 0.121 e. The molecule has 0 aromatic heterocycles. The number of hydrogen-bond donors (Lipinski definition) is 1. The maximum atomic E-state index is 6.05. The molecular formula is C14H20ClNO. The van der Waals surface area contributed by atoms with E-state index in [2.05, 4.69) is 6.58 Å². The van der Waals surface area contributed by atoms with Gasteiger partial charge >= 0.3 is 0 Å². The second kappa shape index (κ2) is 6.67. The fourth-order valence-corrected chi connectivity index (χ4v) is 1.67. The Bertz CT molecular complexity index is 378. The summed E-state index contributed by atoms with van der Waals surface area (Å²) in [7, 11) is 0. The van der Waals surface area contributed by atoms with Gasteiger partial charge in [0.25, 0.3) is 0 Å². The van der Waals surface area contributed by atoms with Crippen molar-refractivity contribution in [1.82, 2.24) is 0 Å². The van der Waals surface area contributed by atoms with Crippen LogP contribution in [0.4, 0.5) is 0 Å². The maximum absolute atomic E-state index is 6.05. The minimum atomic E-state index is -0.0344. The summed E-state index contributed by atoms with van der Waals surface area (Å²) in [5.74, 6) is 0.760. The molecule has 2 N–H and O–H groups in total. The summed E-state index contributed by atoms with van der Waals surface area (Å²) >= 11 is 5.89. The lowest BCUT2D eigenvalue weighted by molar-refractivity contribution is 0.185. The molecule has 1 aromatic rings. The number of rotatable bonds is 6. The summed E-state index contributed by atoms with van der Waals surface area (Å²) in [5, 5.41) is 0.671. The highest BCUT2D eigenvalue weighted by atomic mass is 35.5. The van der Waals surface area contributed by atoms with Gasteiger partial charge in [-0.25, -0.2) is 0 Å². The molecule has 17 heavy (non-hydrogen) atoms. The third-order valence-electron chi connectivity index (χ3n) is 2.63. The molecule has 1 rings (SSSR count). The van der Waals surface area contributed by atoms with E-state index in [1.165, 1.54) is 0 Å². The molecule has 0 heterocycles. The largest absolute Gasteiger partial charge is 0.489 e. The number of nitrogens with two attached hydrogens (primary N) is 1. The zero-order valence-electron chi connectivity index (χ0n) is 10.4. The second-order valence-electron chi connectivity index (χ2n) is 4.44. The summed E-state index contributed by atoms with van der Waals surface area (Å²) in [6.07, 6.45) is 1.79. The minimum Gasteiger partial charge on any atom is -0.489 e. The van der Waals surface area contributed by atoms with Crippen LogP contribution < -0.4 is 10.5 Å². The predicted molar refractivity (Wildman–Crippen MR) is 73.6 cm³/mol. The van der Waals surface area contributed by atoms with Gasteiger partial charge in [-0.2, -0.15) is 0 Å². The third kappa shape index (κ3) is 5.24. The Labute approximate surface area is 108 Å². The molecule has 0 fully saturated rings. The summed E-state index contributed by atoms with van der Waals surface area (Å²) < 4.78 is 5.75. The molecule has 0 saturated carbocycles. The zero-order valence-corrected chi connectivity index (χ0v) is 11.2. The topological polar surface area (TPSA) is 35.2 Å². The summed E-state index contributed by atoms with van der Waals surface area (Å²) in [6, 6.07) is 7.37. The van der Waals surface area contributed by atoms with Crippen LogP contribution in [0.25, 0.3) is 0 Å². The smallest absolute Gasteiger partial charge is 0.121 e. The van der Waals surface area contributed by atoms with Crippen LogP contribution in [0, 0.1) is 0 Å². The van der Waals surface area contributed by atoms with E-state index in [0.29, 0.717) is 5.02 Å². The standard InChI is InChI=1S/C14H20ClNO/c1-10(2)7-8-14(16)11(3)17-13-6-4-5-12(15)9-13/h4-6,9,11,14H,1,7-8,16H2,2-3H3. The van der Waals surface area contributed by atoms with E-state index >= 15 is 0 Å². The highest BCUT2D eigenvalue weighted by Gasteiger charge is 2.14. The van der Waals surface area contributed by atoms with E-state index in [4.69, 9.17) is 22.1 Å². The normalized spacial score (nSPS) is 14.1. The SMILES string of the molecule is C=C(C)CCC(N)C(C)Oc1cccc(Cl)c1. The monoisotopic (exact) mass is 253 g/mol. The Morgan fingerprint density at radius 3 is 2.82 bits per heavy atom. The lowest BCUT2D eigenvalue weighted by Crippen LogP contribution is -2.36. The number of ether oxygens (including phenoxy) is 1. The first-order valence-corrected chi connectivity index (χ1v) is 6.19. The van der Waals surface area contributed by atoms with Crippen LogP contribution in [-0.4, -0.2) is 12.1 Å². The van der Waals surface area contributed by atoms with Gasteiger partial charge in [0.1, 0.15) is 11.9 Å². The molecule has 0 amide bonds. The van der Waals surface area contributed by atoms with Gasteiger partial charge in [0.15, 0.2) is 0 Å². The molecule has 2 atom stereocenters. The highest BCUT2D eigenvalue weighted by Crippen LogP contribution is 2.19. The van der Waals surface area contributed by atoms with Crippen molar-refractivity contribution in [1.29, 1.82) is 0 Å². The second-order valence-corrected chi connectivity index (χ2v) is 4.88. The Morgan fingerprint density at radius 2 is 2.24 bits per heavy atom. The van der Waals surface area contributed by atoms with E-state index in [1.807, 2.05) is 32.0 Å². The van der Waals surface area contributed by atoms with E-state index in [1.54, 1.807) is 6.07 Å². The van der Waals surface area contributed by atoms with Gasteiger partial charge in [0, 0.05) is 11.1 Å². The van der Waals surface area contributed by atoms with E-state index in [-0.39, 0.29) is 12.1 Å². The highest BCUT2D eigenvalue weighted by molar-refractivity contribution is 6.30. The zero-order chi connectivity index (χ0) is 12.8. The molecule has 0 bridgehead atoms. The molecule has 0 radical (unpaired) electrons. The number of halogens is 1. The van der Waals surface area contributed by atoms with Crippen molar-refractivity contribution in [3.63, 3.8) is 0 Å². The first-order chi connectivity index (χ1) is 7.99. The van der Waals surface area contributed by atoms with Gasteiger partial charge in [-0.1, -0.05) is 23.2 Å². The van der Waals surface area contributed by atoms with Crippen molar-refractivity contribution in [2.45, 2.75) is 38.8 Å². The van der Waals surface area contributed by atoms with Crippen molar-refractivity contribution in [2.24, 2.45) is 5.73 Å². The fourth-order valence-electron chi connectivity index (χ4n) is 1.49. The lowest BCUT2D eigenvalue weighted by Gasteiger charge is -2.21. The molecule has 2 nitrogen and oxygen atoms in total. The van der Waals surface area contributed by atoms with Crippen LogP contribution in [0.2, 0.25) is 5.02 Å². The van der Waals surface area contributed by atoms with Crippen molar-refractivity contribution >= 4 is 11.6 Å². The van der Waals surface area contributed by atoms with Gasteiger partial charge in [-0.15, -0.1) is 6.58 Å². The van der Waals surface area contributed by atoms with Crippen LogP contribution in [0.1, 0.15) is 26.7 Å². The fraction of sp³-hybridized carbons (Fsp3) is 0.429. The molecule has 3 heteroatoms. The predicted octanol–water partition coefficient (Wildman–Crippen LogP) is 3.79. The van der Waals surface area contributed by atoms with Gasteiger partial charge < -0.3 is 10.5 Å². The van der Waals surface area contributed by atoms with Crippen LogP contribution >= 0.6 is 11.6 Å². The molecule has 0 aliphatic rings. The van der Waals surface area contributed by atoms with Crippen LogP contribution in [0.5, 0.6) is 5.75 Å². The van der Waals surface area contributed by atoms with E-state index in [0.717, 1.165) is 24.2 Å². The first-order valence-electron chi connectivity index (χ1n) is 5.81. The quantitative estimate of drug-likeness (QED) is 0.783. The van der Waals surface area contributed by atoms with Gasteiger partial charge in [-0.05, 0) is 44.9 Å². The lowest BCUT2D eigenvalue weighted by atomic mass is 10.0. The molecule has 0 spiro atoms. The van der Waals surface area contributed by atoms with Crippen LogP contribution in [0.3, 0.4) is 0 Å². The minimum absolute atomic E-state index is 0.00526. The summed E-state index contributed by atoms with van der Waals surface area (Å²) in [5.41, 5.74) is 7.20. The summed E-state index contributed by atoms with van der Waals surface area (Å²) in [6.45, 7) is 7.85. The molecular weight excluding hydrogens is 234 g/mol. The van der Waals surface area contributed by atoms with Crippen LogP contribution in [0.15, 0.2) is 36.4 Å². The van der Waals surface area contributed by atoms with Crippen molar-refractivity contribution in [3.05, 3.63) is 41.4 Å². The van der Waals surface area contributed by atoms with Crippen LogP contribution in [-0.2, 0) is 0 Å². The molecule has 1 aromatic carbocycles. The molecule has 2 unspecified atom stereocenters. The van der Waals surface area contributed by atoms with Gasteiger partial charge in [-0.3, -0.25) is 0 Å². The average molecular weight is 254 g/mol. The Kier molecular flexibility index (Phi) is 5.52. The Hall–Kier alpha value is -0.990. The van der Waals surface area contributed by atoms with Crippen molar-refractivity contribution in [2.75, 3.05) is 0 Å². The summed E-state index contributed by atoms with van der Waals surface area (Å²) in [4.78, 5) is 0. The molecule has 0 saturated heterocycles. The van der Waals surface area contributed by atoms with Gasteiger partial charge in [0.2, 0.25) is 0 Å². The first kappa shape index (κ1) is 14.1. The van der Waals surface area contributed by atoms with E-state index in [9.17, 15) is 0 Å². The van der Waals surface area contributed by atoms with Crippen molar-refractivity contribution < 1.29 is 4.74 Å². The Balaban J connectivity index is 2.48. The van der Waals surface area contributed by atoms with Gasteiger partial charge in [0.05, 0.1) is 0 Å². The molecule has 94 valence electrons. The third-order valence-corrected chi connectivity index (χ3v) is 2.86. The number of allylic oxidation sites excluding steroid dienone is 1. The Morgan fingerprint density at radius 1 is 1.53 bits per heavy atom. The van der Waals surface area contributed by atoms with Crippen molar-refractivity contribution in [3.8, 4) is 5.75 Å². The number of hydrogen-bond acceptors (Lipinski definition) is 2. The molecule has 0 aliphatic heterocycles. The van der Waals surface area contributed by atoms with E-state index < -0.39 is 0 Å².